The van der Waals surface area contributed by atoms with Gasteiger partial charge in [-0.1, -0.05) is 17.8 Å². The molecule has 0 aromatic heterocycles. The van der Waals surface area contributed by atoms with Gasteiger partial charge in [-0.3, -0.25) is 0 Å². The molecule has 0 saturated carbocycles. The van der Waals surface area contributed by atoms with Crippen LogP contribution >= 0.6 is 0 Å². The number of rotatable bonds is 5. The summed E-state index contributed by atoms with van der Waals surface area (Å²) in [5, 5.41) is 8.45. The first-order valence-electron chi connectivity index (χ1n) is 6.26. The molecule has 1 heterocycles. The van der Waals surface area contributed by atoms with Crippen LogP contribution < -0.4 is 4.74 Å². The topological polar surface area (TPSA) is 36.3 Å². The Balaban J connectivity index is 0.00000242. The molecule has 0 bridgehead atoms. The van der Waals surface area contributed by atoms with Crippen LogP contribution in [0, 0.1) is 17.4 Å². The zero-order chi connectivity index (χ0) is 15.2. The Morgan fingerprint density at radius 1 is 1.32 bits per heavy atom. The van der Waals surface area contributed by atoms with Crippen molar-refractivity contribution in [3.8, 4) is 11.8 Å². The minimum Gasteiger partial charge on any atom is -0.479 e. The molecule has 1 aliphatic rings. The van der Waals surface area contributed by atoms with E-state index in [4.69, 9.17) is 10.00 Å². The first kappa shape index (κ1) is 18.5. The molecule has 1 aromatic rings. The first-order chi connectivity index (χ1) is 10.1. The predicted molar refractivity (Wildman–Crippen MR) is 75.2 cm³/mol. The maximum Gasteiger partial charge on any atom is 0.256 e. The van der Waals surface area contributed by atoms with Crippen LogP contribution in [0.3, 0.4) is 0 Å². The van der Waals surface area contributed by atoms with Crippen LogP contribution in [-0.4, -0.2) is 24.5 Å². The molecule has 0 aliphatic carbocycles. The molecule has 1 radical (unpaired) electrons. The smallest absolute Gasteiger partial charge is 0.256 e. The minimum atomic E-state index is -2.47. The standard InChI is InChI=1S/C16H13F2N2O.Y/c1-12-3-2-4-15(20(12)11-16(17)18)13-5-7-14(8-6-13)21-10-9-19;/h2-3,5-8,16H,1,10-11H2;/q-1;. The van der Waals surface area contributed by atoms with E-state index in [1.165, 1.54) is 4.90 Å². The summed E-state index contributed by atoms with van der Waals surface area (Å²) in [7, 11) is 0. The molecule has 0 fully saturated rings. The number of nitriles is 1. The van der Waals surface area contributed by atoms with Crippen LogP contribution in [0.15, 0.2) is 48.7 Å². The second-order valence-electron chi connectivity index (χ2n) is 4.29. The van der Waals surface area contributed by atoms with E-state index in [1.54, 1.807) is 36.4 Å². The zero-order valence-corrected chi connectivity index (χ0v) is 14.6. The molecule has 22 heavy (non-hydrogen) atoms. The fraction of sp³-hybridized carbons (Fsp3) is 0.188. The van der Waals surface area contributed by atoms with Crippen LogP contribution in [-0.2, 0) is 32.7 Å². The summed E-state index contributed by atoms with van der Waals surface area (Å²) in [6.45, 7) is 3.30. The summed E-state index contributed by atoms with van der Waals surface area (Å²) in [4.78, 5) is 1.43. The molecule has 3 nitrogen and oxygen atoms in total. The van der Waals surface area contributed by atoms with Crippen LogP contribution in [0.1, 0.15) is 5.56 Å². The van der Waals surface area contributed by atoms with Gasteiger partial charge in [-0.15, -0.1) is 18.2 Å². The molecule has 0 N–H and O–H groups in total. The third-order valence-corrected chi connectivity index (χ3v) is 2.86. The van der Waals surface area contributed by atoms with Gasteiger partial charge in [0.25, 0.3) is 6.43 Å². The third kappa shape index (κ3) is 4.76. The fourth-order valence-corrected chi connectivity index (χ4v) is 1.94. The molecular formula is C16H13F2N2OY-. The van der Waals surface area contributed by atoms with E-state index in [-0.39, 0.29) is 39.3 Å². The van der Waals surface area contributed by atoms with E-state index in [0.717, 1.165) is 5.56 Å². The van der Waals surface area contributed by atoms with Crippen molar-refractivity contribution in [2.45, 2.75) is 6.43 Å². The Bertz CT molecular complexity index is 618. The minimum absolute atomic E-state index is 0. The van der Waals surface area contributed by atoms with Crippen LogP contribution in [0.4, 0.5) is 8.78 Å². The largest absolute Gasteiger partial charge is 0.479 e. The Hall–Kier alpha value is -1.51. The van der Waals surface area contributed by atoms with Gasteiger partial charge >= 0.3 is 0 Å². The fourth-order valence-electron chi connectivity index (χ4n) is 1.94. The van der Waals surface area contributed by atoms with Gasteiger partial charge in [-0.25, -0.2) is 8.78 Å². The zero-order valence-electron chi connectivity index (χ0n) is 11.8. The first-order valence-corrected chi connectivity index (χ1v) is 6.26. The number of nitrogens with zero attached hydrogens (tertiary/aromatic N) is 2. The van der Waals surface area contributed by atoms with Gasteiger partial charge in [0.1, 0.15) is 11.8 Å². The Morgan fingerprint density at radius 3 is 2.59 bits per heavy atom. The number of allylic oxidation sites excluding steroid dienone is 3. The van der Waals surface area contributed by atoms with Gasteiger partial charge in [0, 0.05) is 32.7 Å². The molecule has 111 valence electrons. The normalized spacial score (nSPS) is 13.5. The number of alkyl halides is 2. The maximum atomic E-state index is 12.7. The second kappa shape index (κ2) is 8.82. The quantitative estimate of drug-likeness (QED) is 0.740. The maximum absolute atomic E-state index is 12.7. The van der Waals surface area contributed by atoms with Crippen molar-refractivity contribution < 1.29 is 46.2 Å². The molecule has 0 unspecified atom stereocenters. The molecule has 0 spiro atoms. The summed E-state index contributed by atoms with van der Waals surface area (Å²) in [5.74, 6) is 0.548. The van der Waals surface area contributed by atoms with Gasteiger partial charge in [-0.05, 0) is 17.8 Å². The predicted octanol–water partition coefficient (Wildman–Crippen LogP) is 3.38. The van der Waals surface area contributed by atoms with Gasteiger partial charge < -0.3 is 9.64 Å². The van der Waals surface area contributed by atoms with Crippen molar-refractivity contribution in [1.82, 2.24) is 4.90 Å². The molecule has 1 aromatic carbocycles. The Kier molecular flexibility index (Phi) is 7.43. The molecular weight excluding hydrogens is 363 g/mol. The van der Waals surface area contributed by atoms with E-state index in [2.05, 4.69) is 12.7 Å². The third-order valence-electron chi connectivity index (χ3n) is 2.86. The number of benzene rings is 1. The van der Waals surface area contributed by atoms with Gasteiger partial charge in [-0.2, -0.15) is 17.4 Å². The summed E-state index contributed by atoms with van der Waals surface area (Å²) >= 11 is 0. The molecule has 0 saturated heterocycles. The number of hydrogen-bond donors (Lipinski definition) is 0. The van der Waals surface area contributed by atoms with Gasteiger partial charge in [0.05, 0.1) is 6.54 Å². The molecule has 2 rings (SSSR count). The van der Waals surface area contributed by atoms with E-state index in [9.17, 15) is 8.78 Å². The van der Waals surface area contributed by atoms with E-state index in [0.29, 0.717) is 17.1 Å². The van der Waals surface area contributed by atoms with Crippen molar-refractivity contribution >= 4 is 5.70 Å². The van der Waals surface area contributed by atoms with Crippen molar-refractivity contribution in [3.05, 3.63) is 60.3 Å². The van der Waals surface area contributed by atoms with Gasteiger partial charge in [0.15, 0.2) is 6.61 Å². The molecule has 1 aliphatic heterocycles. The van der Waals surface area contributed by atoms with E-state index < -0.39 is 13.0 Å². The average Bonchev–Trinajstić information content (AvgIpc) is 2.47. The van der Waals surface area contributed by atoms with Crippen molar-refractivity contribution in [2.75, 3.05) is 13.2 Å². The molecule has 0 amide bonds. The van der Waals surface area contributed by atoms with Crippen LogP contribution in [0.5, 0.6) is 5.75 Å². The number of hydrogen-bond acceptors (Lipinski definition) is 3. The monoisotopic (exact) mass is 376 g/mol. The average molecular weight is 376 g/mol. The van der Waals surface area contributed by atoms with Crippen molar-refractivity contribution in [3.63, 3.8) is 0 Å². The van der Waals surface area contributed by atoms with Crippen LogP contribution in [0.25, 0.3) is 5.70 Å². The summed E-state index contributed by atoms with van der Waals surface area (Å²) in [6.07, 6.45) is 3.78. The Morgan fingerprint density at radius 2 is 2.00 bits per heavy atom. The van der Waals surface area contributed by atoms with Crippen molar-refractivity contribution in [2.24, 2.45) is 0 Å². The van der Waals surface area contributed by atoms with E-state index in [1.807, 2.05) is 6.07 Å². The summed E-state index contributed by atoms with van der Waals surface area (Å²) in [6, 6.07) is 8.72. The second-order valence-corrected chi connectivity index (χ2v) is 4.29. The SMILES string of the molecule is C=C1C=C[C-]=C(c2ccc(OCC#N)cc2)N1CC(F)F.[Y]. The van der Waals surface area contributed by atoms with Gasteiger partial charge in [0.2, 0.25) is 0 Å². The van der Waals surface area contributed by atoms with E-state index >= 15 is 0 Å². The number of ether oxygens (including phenoxy) is 1. The molecule has 6 heteroatoms. The number of halogens is 2. The summed E-state index contributed by atoms with van der Waals surface area (Å²) < 4.78 is 30.5. The van der Waals surface area contributed by atoms with Crippen LogP contribution in [0.2, 0.25) is 0 Å². The Labute approximate surface area is 153 Å². The van der Waals surface area contributed by atoms with Crippen molar-refractivity contribution in [1.29, 1.82) is 5.26 Å². The summed E-state index contributed by atoms with van der Waals surface area (Å²) in [5.41, 5.74) is 1.76. The molecule has 0 atom stereocenters.